The van der Waals surface area contributed by atoms with Gasteiger partial charge in [0, 0.05) is 4.47 Å². The zero-order valence-corrected chi connectivity index (χ0v) is 32.7. The Kier molecular flexibility index (Phi) is 8.66. The third kappa shape index (κ3) is 6.21. The molecule has 2 aliphatic rings. The fraction of sp³-hybridized carbons (Fsp3) is 0.353. The summed E-state index contributed by atoms with van der Waals surface area (Å²) in [6.07, 6.45) is 0. The largest absolute Gasteiger partial charge is 0.386 e. The van der Waals surface area contributed by atoms with Crippen LogP contribution in [0.25, 0.3) is 31.6 Å². The highest BCUT2D eigenvalue weighted by Gasteiger charge is 2.51. The highest BCUT2D eigenvalue weighted by atomic mass is 79.9. The molecule has 0 saturated carbocycles. The lowest BCUT2D eigenvalue weighted by Crippen LogP contribution is -2.54. The van der Waals surface area contributed by atoms with E-state index in [1.54, 1.807) is 41.5 Å². The summed E-state index contributed by atoms with van der Waals surface area (Å²) in [6, 6.07) is 22.0. The normalized spacial score (nSPS) is 25.2. The number of aliphatic imine (C=N–C) groups is 2. The SMILES string of the molecule is CC1(C)C(N)=N[C@](C)(c2nc3ccc(-c4ccccc4)cc3s2)CS1(=O)=O.CC1(C)C(N)=N[C@](C)(c2nc3ccc(Br)cc3s2)CS1(=O)=O. The smallest absolute Gasteiger partial charge is 0.165 e. The van der Waals surface area contributed by atoms with Crippen molar-refractivity contribution in [1.29, 1.82) is 0 Å². The van der Waals surface area contributed by atoms with Crippen LogP contribution in [-0.4, -0.2) is 59.5 Å². The van der Waals surface area contributed by atoms with Gasteiger partial charge >= 0.3 is 0 Å². The van der Waals surface area contributed by atoms with Gasteiger partial charge in [-0.2, -0.15) is 0 Å². The molecule has 15 heteroatoms. The van der Waals surface area contributed by atoms with Gasteiger partial charge in [-0.3, -0.25) is 9.98 Å². The average Bonchev–Trinajstić information content (AvgIpc) is 3.65. The minimum absolute atomic E-state index is 0.0886. The molecule has 0 spiro atoms. The van der Waals surface area contributed by atoms with E-state index < -0.39 is 40.2 Å². The Morgan fingerprint density at radius 2 is 1.08 bits per heavy atom. The van der Waals surface area contributed by atoms with Crippen LogP contribution < -0.4 is 11.5 Å². The lowest BCUT2D eigenvalue weighted by Gasteiger charge is -2.36. The summed E-state index contributed by atoms with van der Waals surface area (Å²) in [5.41, 5.74) is 14.0. The number of nitrogens with two attached hydrogens (primary N) is 2. The highest BCUT2D eigenvalue weighted by molar-refractivity contribution is 9.10. The second-order valence-electron chi connectivity index (χ2n) is 13.8. The summed E-state index contributed by atoms with van der Waals surface area (Å²) >= 11 is 6.36. The molecule has 2 aliphatic heterocycles. The van der Waals surface area contributed by atoms with Crippen LogP contribution in [0.4, 0.5) is 0 Å². The summed E-state index contributed by atoms with van der Waals surface area (Å²) in [4.78, 5) is 18.3. The second kappa shape index (κ2) is 11.9. The van der Waals surface area contributed by atoms with E-state index in [9.17, 15) is 16.8 Å². The van der Waals surface area contributed by atoms with Crippen molar-refractivity contribution in [3.05, 3.63) is 81.2 Å². The van der Waals surface area contributed by atoms with Crippen molar-refractivity contribution in [2.75, 3.05) is 11.5 Å². The molecule has 0 fully saturated rings. The molecule has 4 heterocycles. The number of nitrogens with zero attached hydrogens (tertiary/aromatic N) is 4. The van der Waals surface area contributed by atoms with Gasteiger partial charge in [0.05, 0.1) is 31.9 Å². The molecular weight excluding hydrogens is 765 g/mol. The topological polar surface area (TPSA) is 171 Å². The van der Waals surface area contributed by atoms with Crippen LogP contribution in [0.15, 0.2) is 81.2 Å². The first-order valence-electron chi connectivity index (χ1n) is 15.4. The highest BCUT2D eigenvalue weighted by Crippen LogP contribution is 2.42. The van der Waals surface area contributed by atoms with Crippen LogP contribution in [0.1, 0.15) is 51.6 Å². The van der Waals surface area contributed by atoms with Crippen molar-refractivity contribution in [1.82, 2.24) is 9.97 Å². The number of halogens is 1. The van der Waals surface area contributed by atoms with Gasteiger partial charge in [0.2, 0.25) is 0 Å². The number of benzene rings is 3. The number of thiazole rings is 2. The van der Waals surface area contributed by atoms with Crippen LogP contribution in [0.2, 0.25) is 0 Å². The Labute approximate surface area is 302 Å². The van der Waals surface area contributed by atoms with Gasteiger partial charge in [0.1, 0.15) is 42.3 Å². The minimum atomic E-state index is -3.44. The maximum atomic E-state index is 12.8. The summed E-state index contributed by atoms with van der Waals surface area (Å²) in [6.45, 7) is 9.96. The van der Waals surface area contributed by atoms with Crippen molar-refractivity contribution < 1.29 is 16.8 Å². The van der Waals surface area contributed by atoms with Crippen LogP contribution in [0.3, 0.4) is 0 Å². The van der Waals surface area contributed by atoms with E-state index in [1.807, 2.05) is 48.5 Å². The lowest BCUT2D eigenvalue weighted by molar-refractivity contribution is 0.499. The first-order chi connectivity index (χ1) is 22.7. The summed E-state index contributed by atoms with van der Waals surface area (Å²) < 4.78 is 51.4. The number of fused-ring (bicyclic) bond motifs is 2. The Morgan fingerprint density at radius 3 is 1.55 bits per heavy atom. The van der Waals surface area contributed by atoms with E-state index in [1.165, 1.54) is 22.7 Å². The summed E-state index contributed by atoms with van der Waals surface area (Å²) in [7, 11) is -6.85. The van der Waals surface area contributed by atoms with E-state index in [4.69, 9.17) is 11.5 Å². The molecule has 5 aromatic rings. The third-order valence-electron chi connectivity index (χ3n) is 9.23. The van der Waals surface area contributed by atoms with E-state index >= 15 is 0 Å². The minimum Gasteiger partial charge on any atom is -0.386 e. The Bertz CT molecular complexity index is 2400. The van der Waals surface area contributed by atoms with Gasteiger partial charge in [-0.05, 0) is 83.0 Å². The third-order valence-corrected chi connectivity index (χ3v) is 17.7. The molecule has 0 saturated heterocycles. The van der Waals surface area contributed by atoms with Crippen molar-refractivity contribution in [2.24, 2.45) is 21.5 Å². The number of hydrogen-bond donors (Lipinski definition) is 2. The molecule has 0 radical (unpaired) electrons. The van der Waals surface area contributed by atoms with Gasteiger partial charge in [-0.1, -0.05) is 52.3 Å². The van der Waals surface area contributed by atoms with Crippen molar-refractivity contribution >= 4 is 90.4 Å². The van der Waals surface area contributed by atoms with E-state index in [-0.39, 0.29) is 23.2 Å². The maximum absolute atomic E-state index is 12.8. The van der Waals surface area contributed by atoms with Crippen LogP contribution in [-0.2, 0) is 30.8 Å². The molecule has 2 atom stereocenters. The molecule has 10 nitrogen and oxygen atoms in total. The summed E-state index contributed by atoms with van der Waals surface area (Å²) in [5.74, 6) is 0.0930. The first kappa shape index (κ1) is 35.6. The van der Waals surface area contributed by atoms with Crippen molar-refractivity contribution in [2.45, 2.75) is 62.1 Å². The van der Waals surface area contributed by atoms with Gasteiger partial charge in [-0.15, -0.1) is 22.7 Å². The molecule has 0 aliphatic carbocycles. The number of aromatic nitrogens is 2. The van der Waals surface area contributed by atoms with Gasteiger partial charge in [0.25, 0.3) is 0 Å². The molecule has 0 bridgehead atoms. The predicted molar refractivity (Wildman–Crippen MR) is 206 cm³/mol. The van der Waals surface area contributed by atoms with Crippen LogP contribution >= 0.6 is 38.6 Å². The standard InChI is InChI=1S/C20H21N3O2S2.C14H16BrN3O2S2/c1-19(2)17(21)23-20(3,12-27(19,24)25)18-22-15-10-9-14(11-16(15)26-18)13-7-5-4-6-8-13;1-13(2)11(16)18-14(3,7-22(13,19)20)12-17-9-5-4-8(15)6-10(9)21-12/h4-11H,12H2,1-3H3,(H2,21,23);4-6H,7H2,1-3H3,(H2,16,18)/t20-;14-/m00/s1. The van der Waals surface area contributed by atoms with Crippen LogP contribution in [0, 0.1) is 0 Å². The number of hydrogen-bond acceptors (Lipinski definition) is 12. The molecule has 4 N–H and O–H groups in total. The van der Waals surface area contributed by atoms with Crippen molar-refractivity contribution in [3.8, 4) is 11.1 Å². The lowest BCUT2D eigenvalue weighted by atomic mass is 10.0. The zero-order chi connectivity index (χ0) is 35.8. The van der Waals surface area contributed by atoms with Gasteiger partial charge in [0.15, 0.2) is 19.7 Å². The predicted octanol–water partition coefficient (Wildman–Crippen LogP) is 6.58. The molecular formula is C34H37BrN6O4S4. The Balaban J connectivity index is 0.000000174. The quantitative estimate of drug-likeness (QED) is 0.206. The fourth-order valence-corrected chi connectivity index (χ4v) is 11.8. The Hall–Kier alpha value is -3.24. The van der Waals surface area contributed by atoms with E-state index in [2.05, 4.69) is 54.1 Å². The van der Waals surface area contributed by atoms with Crippen molar-refractivity contribution in [3.63, 3.8) is 0 Å². The van der Waals surface area contributed by atoms with E-state index in [0.717, 1.165) is 36.0 Å². The molecule has 0 unspecified atom stereocenters. The fourth-order valence-electron chi connectivity index (χ4n) is 5.60. The number of rotatable bonds is 3. The molecule has 7 rings (SSSR count). The number of amidine groups is 2. The van der Waals surface area contributed by atoms with Crippen LogP contribution in [0.5, 0.6) is 0 Å². The zero-order valence-electron chi connectivity index (χ0n) is 27.9. The second-order valence-corrected chi connectivity index (χ2v) is 21.8. The first-order valence-corrected chi connectivity index (χ1v) is 21.1. The molecule has 0 amide bonds. The molecule has 2 aromatic heterocycles. The monoisotopic (exact) mass is 800 g/mol. The van der Waals surface area contributed by atoms with Gasteiger partial charge < -0.3 is 11.5 Å². The molecule has 3 aromatic carbocycles. The molecule has 49 heavy (non-hydrogen) atoms. The summed E-state index contributed by atoms with van der Waals surface area (Å²) in [5, 5.41) is 1.34. The maximum Gasteiger partial charge on any atom is 0.165 e. The average molecular weight is 802 g/mol. The Morgan fingerprint density at radius 1 is 0.633 bits per heavy atom. The molecule has 258 valence electrons. The van der Waals surface area contributed by atoms with Gasteiger partial charge in [-0.25, -0.2) is 26.8 Å². The number of sulfone groups is 2. The van der Waals surface area contributed by atoms with E-state index in [0.29, 0.717) is 10.0 Å².